The van der Waals surface area contributed by atoms with Crippen LogP contribution < -0.4 is 4.74 Å². The maximum absolute atomic E-state index is 5.99. The molecule has 0 spiro atoms. The van der Waals surface area contributed by atoms with Crippen molar-refractivity contribution >= 4 is 17.7 Å². The Labute approximate surface area is 148 Å². The molecule has 2 heteroatoms. The van der Waals surface area contributed by atoms with Gasteiger partial charge in [0.15, 0.2) is 0 Å². The molecule has 0 N–H and O–H groups in total. The summed E-state index contributed by atoms with van der Waals surface area (Å²) in [5, 5.41) is 0.756. The highest BCUT2D eigenvalue weighted by Gasteiger charge is 2.02. The molecule has 0 aromatic heterocycles. The number of rotatable bonds is 6. The average Bonchev–Trinajstić information content (AvgIpc) is 2.63. The third-order valence-corrected chi connectivity index (χ3v) is 3.98. The van der Waals surface area contributed by atoms with Gasteiger partial charge in [-0.2, -0.15) is 0 Å². The van der Waals surface area contributed by atoms with Gasteiger partial charge in [-0.3, -0.25) is 0 Å². The minimum absolute atomic E-state index is 0.582. The lowest BCUT2D eigenvalue weighted by atomic mass is 10.1. The molecule has 1 nitrogen and oxygen atoms in total. The predicted octanol–water partition coefficient (Wildman–Crippen LogP) is 6.17. The number of halogens is 1. The number of hydrogen-bond acceptors (Lipinski definition) is 1. The van der Waals surface area contributed by atoms with Crippen LogP contribution in [0.15, 0.2) is 84.9 Å². The van der Waals surface area contributed by atoms with E-state index in [1.165, 1.54) is 11.1 Å². The Balaban J connectivity index is 1.64. The highest BCUT2D eigenvalue weighted by molar-refractivity contribution is 6.30. The van der Waals surface area contributed by atoms with Gasteiger partial charge in [0.1, 0.15) is 12.4 Å². The number of allylic oxidation sites excluding steroid dienone is 1. The summed E-state index contributed by atoms with van der Waals surface area (Å²) in [6.45, 7) is 0.582. The molecule has 3 aromatic rings. The Morgan fingerprint density at radius 3 is 2.29 bits per heavy atom. The molecule has 0 radical (unpaired) electrons. The predicted molar refractivity (Wildman–Crippen MR) is 101 cm³/mol. The van der Waals surface area contributed by atoms with Gasteiger partial charge in [0, 0.05) is 5.02 Å². The van der Waals surface area contributed by atoms with E-state index in [0.29, 0.717) is 6.61 Å². The molecule has 0 heterocycles. The summed E-state index contributed by atoms with van der Waals surface area (Å²) in [6.07, 6.45) is 5.08. The molecular weight excluding hydrogens is 316 g/mol. The third-order valence-electron chi connectivity index (χ3n) is 3.73. The number of benzene rings is 3. The van der Waals surface area contributed by atoms with Crippen molar-refractivity contribution in [2.24, 2.45) is 0 Å². The number of hydrogen-bond donors (Lipinski definition) is 0. The van der Waals surface area contributed by atoms with Gasteiger partial charge in [0.25, 0.3) is 0 Å². The lowest BCUT2D eigenvalue weighted by Crippen LogP contribution is -1.98. The number of ether oxygens (including phenoxy) is 1. The summed E-state index contributed by atoms with van der Waals surface area (Å²) in [4.78, 5) is 0. The lowest BCUT2D eigenvalue weighted by molar-refractivity contribution is 0.303. The van der Waals surface area contributed by atoms with Crippen molar-refractivity contribution in [1.82, 2.24) is 0 Å². The molecule has 0 saturated heterocycles. The van der Waals surface area contributed by atoms with Crippen molar-refractivity contribution in [3.8, 4) is 5.75 Å². The first-order chi connectivity index (χ1) is 11.8. The van der Waals surface area contributed by atoms with Crippen LogP contribution in [-0.4, -0.2) is 0 Å². The van der Waals surface area contributed by atoms with Crippen molar-refractivity contribution in [2.45, 2.75) is 13.0 Å². The van der Waals surface area contributed by atoms with Gasteiger partial charge >= 0.3 is 0 Å². The molecule has 0 aliphatic heterocycles. The Morgan fingerprint density at radius 2 is 1.50 bits per heavy atom. The maximum atomic E-state index is 5.99. The minimum Gasteiger partial charge on any atom is -0.489 e. The van der Waals surface area contributed by atoms with Gasteiger partial charge in [-0.15, -0.1) is 0 Å². The van der Waals surface area contributed by atoms with Crippen molar-refractivity contribution < 1.29 is 4.74 Å². The third kappa shape index (κ3) is 4.74. The molecular formula is C22H19ClO. The summed E-state index contributed by atoms with van der Waals surface area (Å²) in [5.41, 5.74) is 3.49. The Hall–Kier alpha value is -2.51. The van der Waals surface area contributed by atoms with Crippen LogP contribution in [0.25, 0.3) is 6.08 Å². The van der Waals surface area contributed by atoms with Crippen molar-refractivity contribution in [3.63, 3.8) is 0 Å². The monoisotopic (exact) mass is 334 g/mol. The first kappa shape index (κ1) is 16.4. The van der Waals surface area contributed by atoms with E-state index in [1.807, 2.05) is 60.7 Å². The molecule has 3 aromatic carbocycles. The fourth-order valence-electron chi connectivity index (χ4n) is 2.44. The van der Waals surface area contributed by atoms with Crippen LogP contribution in [0, 0.1) is 0 Å². The second-order valence-corrected chi connectivity index (χ2v) is 5.98. The van der Waals surface area contributed by atoms with Gasteiger partial charge in [-0.05, 0) is 41.3 Å². The average molecular weight is 335 g/mol. The van der Waals surface area contributed by atoms with Gasteiger partial charge in [-0.1, -0.05) is 84.4 Å². The molecule has 0 unspecified atom stereocenters. The number of para-hydroxylation sites is 1. The zero-order chi connectivity index (χ0) is 16.6. The van der Waals surface area contributed by atoms with Crippen LogP contribution >= 0.6 is 11.6 Å². The first-order valence-corrected chi connectivity index (χ1v) is 8.36. The van der Waals surface area contributed by atoms with Crippen molar-refractivity contribution in [3.05, 3.63) is 107 Å². The highest BCUT2D eigenvalue weighted by Crippen LogP contribution is 2.21. The fraction of sp³-hybridized carbons (Fsp3) is 0.0909. The molecule has 24 heavy (non-hydrogen) atoms. The molecule has 3 rings (SSSR count). The topological polar surface area (TPSA) is 9.23 Å². The molecule has 120 valence electrons. The largest absolute Gasteiger partial charge is 0.489 e. The van der Waals surface area contributed by atoms with E-state index in [9.17, 15) is 0 Å². The fourth-order valence-corrected chi connectivity index (χ4v) is 2.57. The van der Waals surface area contributed by atoms with E-state index in [0.717, 1.165) is 22.8 Å². The SMILES string of the molecule is Clc1ccc(C=CCc2ccccc2OCc2ccccc2)cc1. The molecule has 0 atom stereocenters. The maximum Gasteiger partial charge on any atom is 0.123 e. The van der Waals surface area contributed by atoms with E-state index < -0.39 is 0 Å². The van der Waals surface area contributed by atoms with E-state index in [1.54, 1.807) is 0 Å². The summed E-state index contributed by atoms with van der Waals surface area (Å²) in [5.74, 6) is 0.933. The van der Waals surface area contributed by atoms with Crippen LogP contribution in [0.1, 0.15) is 16.7 Å². The summed E-state index contributed by atoms with van der Waals surface area (Å²) < 4.78 is 5.99. The molecule has 0 aliphatic carbocycles. The quantitative estimate of drug-likeness (QED) is 0.523. The summed E-state index contributed by atoms with van der Waals surface area (Å²) in [7, 11) is 0. The first-order valence-electron chi connectivity index (χ1n) is 7.98. The molecule has 0 bridgehead atoms. The van der Waals surface area contributed by atoms with Crippen molar-refractivity contribution in [2.75, 3.05) is 0 Å². The van der Waals surface area contributed by atoms with Crippen LogP contribution in [0.2, 0.25) is 5.02 Å². The zero-order valence-corrected chi connectivity index (χ0v) is 14.1. The van der Waals surface area contributed by atoms with E-state index in [4.69, 9.17) is 16.3 Å². The second kappa shape index (κ2) is 8.37. The summed E-state index contributed by atoms with van der Waals surface area (Å²) >= 11 is 5.91. The van der Waals surface area contributed by atoms with Crippen LogP contribution in [0.5, 0.6) is 5.75 Å². The van der Waals surface area contributed by atoms with Gasteiger partial charge in [-0.25, -0.2) is 0 Å². The molecule has 0 amide bonds. The molecule has 0 fully saturated rings. The Bertz CT molecular complexity index is 792. The highest BCUT2D eigenvalue weighted by atomic mass is 35.5. The van der Waals surface area contributed by atoms with Gasteiger partial charge in [0.05, 0.1) is 0 Å². The standard InChI is InChI=1S/C22H19ClO/c23-21-15-13-18(14-16-21)9-6-11-20-10-4-5-12-22(20)24-17-19-7-2-1-3-8-19/h1-10,12-16H,11,17H2. The normalized spacial score (nSPS) is 10.9. The Kier molecular flexibility index (Phi) is 5.70. The van der Waals surface area contributed by atoms with E-state index in [2.05, 4.69) is 30.4 Å². The summed E-state index contributed by atoms with van der Waals surface area (Å²) in [6, 6.07) is 26.2. The second-order valence-electron chi connectivity index (χ2n) is 5.54. The van der Waals surface area contributed by atoms with Crippen LogP contribution in [-0.2, 0) is 13.0 Å². The van der Waals surface area contributed by atoms with Crippen LogP contribution in [0.4, 0.5) is 0 Å². The van der Waals surface area contributed by atoms with Gasteiger partial charge < -0.3 is 4.74 Å². The lowest BCUT2D eigenvalue weighted by Gasteiger charge is -2.10. The molecule has 0 saturated carbocycles. The smallest absolute Gasteiger partial charge is 0.123 e. The Morgan fingerprint density at radius 1 is 0.792 bits per heavy atom. The minimum atomic E-state index is 0.582. The van der Waals surface area contributed by atoms with E-state index >= 15 is 0 Å². The van der Waals surface area contributed by atoms with Crippen molar-refractivity contribution in [1.29, 1.82) is 0 Å². The van der Waals surface area contributed by atoms with Crippen LogP contribution in [0.3, 0.4) is 0 Å². The zero-order valence-electron chi connectivity index (χ0n) is 13.4. The van der Waals surface area contributed by atoms with E-state index in [-0.39, 0.29) is 0 Å². The molecule has 0 aliphatic rings. The van der Waals surface area contributed by atoms with Gasteiger partial charge in [0.2, 0.25) is 0 Å².